The van der Waals surface area contributed by atoms with E-state index in [1.165, 1.54) is 13.0 Å². The third-order valence-electron chi connectivity index (χ3n) is 3.13. The molecule has 2 rings (SSSR count). The maximum atomic E-state index is 13.3. The smallest absolute Gasteiger partial charge is 0.368 e. The van der Waals surface area contributed by atoms with Crippen molar-refractivity contribution in [3.8, 4) is 5.69 Å². The predicted molar refractivity (Wildman–Crippen MR) is 73.2 cm³/mol. The van der Waals surface area contributed by atoms with Gasteiger partial charge in [0.25, 0.3) is 5.82 Å². The third kappa shape index (κ3) is 3.28. The van der Waals surface area contributed by atoms with Crippen LogP contribution in [0.1, 0.15) is 23.9 Å². The van der Waals surface area contributed by atoms with Crippen molar-refractivity contribution in [2.45, 2.75) is 31.3 Å². The second-order valence-electron chi connectivity index (χ2n) is 4.74. The number of anilines is 1. The molecule has 0 saturated heterocycles. The van der Waals surface area contributed by atoms with E-state index in [-0.39, 0.29) is 11.3 Å². The van der Waals surface area contributed by atoms with Crippen LogP contribution in [0.3, 0.4) is 0 Å². The predicted octanol–water partition coefficient (Wildman–Crippen LogP) is 2.40. The van der Waals surface area contributed by atoms with Crippen molar-refractivity contribution in [2.75, 3.05) is 5.73 Å². The number of nitrogens with zero attached hydrogens (tertiary/aromatic N) is 3. The maximum absolute atomic E-state index is 13.3. The number of alkyl halides is 3. The van der Waals surface area contributed by atoms with Crippen LogP contribution in [0.15, 0.2) is 17.0 Å². The van der Waals surface area contributed by atoms with Gasteiger partial charge < -0.3 is 5.73 Å². The van der Waals surface area contributed by atoms with Crippen molar-refractivity contribution in [3.05, 3.63) is 29.1 Å². The van der Waals surface area contributed by atoms with Crippen LogP contribution in [-0.2, 0) is 22.8 Å². The van der Waals surface area contributed by atoms with Crippen LogP contribution in [0, 0.1) is 6.92 Å². The second kappa shape index (κ2) is 5.48. The van der Waals surface area contributed by atoms with Gasteiger partial charge in [0.1, 0.15) is 4.90 Å². The molecular formula is C12H12F4N4O2S. The van der Waals surface area contributed by atoms with Crippen LogP contribution < -0.4 is 5.73 Å². The van der Waals surface area contributed by atoms with E-state index in [9.17, 15) is 25.5 Å². The van der Waals surface area contributed by atoms with E-state index >= 15 is 0 Å². The molecule has 126 valence electrons. The Morgan fingerprint density at radius 2 is 1.91 bits per heavy atom. The highest BCUT2D eigenvalue weighted by Crippen LogP contribution is 2.30. The summed E-state index contributed by atoms with van der Waals surface area (Å²) in [7, 11) is -5.05. The van der Waals surface area contributed by atoms with Crippen molar-refractivity contribution in [1.82, 2.24) is 14.8 Å². The zero-order chi connectivity index (χ0) is 17.6. The van der Waals surface area contributed by atoms with Crippen LogP contribution in [0.25, 0.3) is 5.69 Å². The molecule has 1 aromatic heterocycles. The molecule has 0 bridgehead atoms. The van der Waals surface area contributed by atoms with Crippen molar-refractivity contribution in [1.29, 1.82) is 0 Å². The van der Waals surface area contributed by atoms with Gasteiger partial charge in [-0.05, 0) is 30.5 Å². The van der Waals surface area contributed by atoms with E-state index < -0.39 is 33.1 Å². The molecule has 0 aliphatic rings. The summed E-state index contributed by atoms with van der Waals surface area (Å²) in [6, 6.07) is 2.25. The highest BCUT2D eigenvalue weighted by molar-refractivity contribution is 7.86. The van der Waals surface area contributed by atoms with Gasteiger partial charge in [0.2, 0.25) is 5.95 Å². The minimum Gasteiger partial charge on any atom is -0.368 e. The standard InChI is InChI=1S/C12H12F4N4O2S/c1-3-7-4-6(2)9(23(16,21)22)5-8(7)20-11(17)18-10(19-20)12(13,14)15/h4-5H,3H2,1-2H3,(H2,17,18,19). The highest BCUT2D eigenvalue weighted by Gasteiger charge is 2.37. The SMILES string of the molecule is CCc1cc(C)c(S(=O)(=O)F)cc1-n1nc(C(F)(F)F)nc1N. The van der Waals surface area contributed by atoms with Crippen LogP contribution in [0.2, 0.25) is 0 Å². The summed E-state index contributed by atoms with van der Waals surface area (Å²) in [5, 5.41) is 3.25. The molecule has 0 aliphatic carbocycles. The number of nitrogens with two attached hydrogens (primary N) is 1. The lowest BCUT2D eigenvalue weighted by Gasteiger charge is -2.12. The first-order valence-electron chi connectivity index (χ1n) is 6.33. The summed E-state index contributed by atoms with van der Waals surface area (Å²) in [5.74, 6) is -2.06. The minimum absolute atomic E-state index is 0.0742. The second-order valence-corrected chi connectivity index (χ2v) is 6.06. The Morgan fingerprint density at radius 3 is 2.35 bits per heavy atom. The molecule has 0 spiro atoms. The first kappa shape index (κ1) is 17.2. The first-order chi connectivity index (χ1) is 10.4. The Morgan fingerprint density at radius 1 is 1.30 bits per heavy atom. The van der Waals surface area contributed by atoms with Crippen molar-refractivity contribution in [2.24, 2.45) is 0 Å². The number of hydrogen-bond donors (Lipinski definition) is 1. The molecule has 0 atom stereocenters. The number of aryl methyl sites for hydroxylation is 2. The number of benzene rings is 1. The zero-order valence-corrected chi connectivity index (χ0v) is 12.8. The summed E-state index contributed by atoms with van der Waals surface area (Å²) in [6.45, 7) is 3.07. The Hall–Kier alpha value is -2.17. The van der Waals surface area contributed by atoms with Crippen LogP contribution in [0.4, 0.5) is 23.0 Å². The number of rotatable bonds is 3. The molecule has 0 radical (unpaired) electrons. The molecule has 2 N–H and O–H groups in total. The Kier molecular flexibility index (Phi) is 4.09. The molecule has 2 aromatic rings. The summed E-state index contributed by atoms with van der Waals surface area (Å²) in [6.07, 6.45) is -4.48. The van der Waals surface area contributed by atoms with Crippen LogP contribution >= 0.6 is 0 Å². The van der Waals surface area contributed by atoms with E-state index in [1.807, 2.05) is 0 Å². The normalized spacial score (nSPS) is 12.6. The summed E-state index contributed by atoms with van der Waals surface area (Å²) in [4.78, 5) is 2.45. The van der Waals surface area contributed by atoms with Crippen LogP contribution in [-0.4, -0.2) is 23.2 Å². The van der Waals surface area contributed by atoms with Gasteiger partial charge in [0.05, 0.1) is 5.69 Å². The minimum atomic E-state index is -5.05. The molecule has 0 fully saturated rings. The Bertz CT molecular complexity index is 859. The molecule has 23 heavy (non-hydrogen) atoms. The topological polar surface area (TPSA) is 90.9 Å². The first-order valence-corrected chi connectivity index (χ1v) is 7.71. The van der Waals surface area contributed by atoms with E-state index in [2.05, 4.69) is 10.1 Å². The molecule has 6 nitrogen and oxygen atoms in total. The molecule has 0 saturated carbocycles. The molecule has 1 heterocycles. The van der Waals surface area contributed by atoms with E-state index in [4.69, 9.17) is 5.73 Å². The van der Waals surface area contributed by atoms with Gasteiger partial charge in [-0.1, -0.05) is 13.0 Å². The summed E-state index contributed by atoms with van der Waals surface area (Å²) < 4.78 is 74.3. The van der Waals surface area contributed by atoms with Gasteiger partial charge in [-0.3, -0.25) is 0 Å². The quantitative estimate of drug-likeness (QED) is 0.677. The van der Waals surface area contributed by atoms with E-state index in [1.54, 1.807) is 6.92 Å². The van der Waals surface area contributed by atoms with Crippen molar-refractivity contribution >= 4 is 16.2 Å². The third-order valence-corrected chi connectivity index (χ3v) is 4.10. The van der Waals surface area contributed by atoms with E-state index in [0.29, 0.717) is 16.7 Å². The lowest BCUT2D eigenvalue weighted by atomic mass is 10.1. The number of aromatic nitrogens is 3. The fourth-order valence-electron chi connectivity index (χ4n) is 2.10. The van der Waals surface area contributed by atoms with E-state index in [0.717, 1.165) is 6.07 Å². The molecule has 0 aliphatic heterocycles. The highest BCUT2D eigenvalue weighted by atomic mass is 32.3. The van der Waals surface area contributed by atoms with Gasteiger partial charge in [-0.2, -0.15) is 31.3 Å². The lowest BCUT2D eigenvalue weighted by Crippen LogP contribution is -2.10. The van der Waals surface area contributed by atoms with Gasteiger partial charge in [-0.25, -0.2) is 0 Å². The average molecular weight is 352 g/mol. The van der Waals surface area contributed by atoms with Gasteiger partial charge >= 0.3 is 16.4 Å². The number of halogens is 4. The molecular weight excluding hydrogens is 340 g/mol. The fraction of sp³-hybridized carbons (Fsp3) is 0.333. The number of nitrogen functional groups attached to an aromatic ring is 1. The van der Waals surface area contributed by atoms with Gasteiger partial charge in [-0.15, -0.1) is 8.98 Å². The molecule has 0 unspecified atom stereocenters. The fourth-order valence-corrected chi connectivity index (χ4v) is 2.80. The number of hydrogen-bond acceptors (Lipinski definition) is 5. The van der Waals surface area contributed by atoms with Crippen molar-refractivity contribution < 1.29 is 25.5 Å². The maximum Gasteiger partial charge on any atom is 0.453 e. The molecule has 0 amide bonds. The summed E-state index contributed by atoms with van der Waals surface area (Å²) in [5.41, 5.74) is 5.94. The monoisotopic (exact) mass is 352 g/mol. The van der Waals surface area contributed by atoms with Gasteiger partial charge in [0, 0.05) is 0 Å². The Balaban J connectivity index is 2.75. The largest absolute Gasteiger partial charge is 0.453 e. The molecule has 11 heteroatoms. The van der Waals surface area contributed by atoms with Gasteiger partial charge in [0.15, 0.2) is 0 Å². The summed E-state index contributed by atoms with van der Waals surface area (Å²) >= 11 is 0. The zero-order valence-electron chi connectivity index (χ0n) is 12.0. The van der Waals surface area contributed by atoms with Crippen LogP contribution in [0.5, 0.6) is 0 Å². The Labute approximate surface area is 129 Å². The van der Waals surface area contributed by atoms with Crippen molar-refractivity contribution in [3.63, 3.8) is 0 Å². The average Bonchev–Trinajstić information content (AvgIpc) is 2.79. The lowest BCUT2D eigenvalue weighted by molar-refractivity contribution is -0.144. The molecule has 1 aromatic carbocycles.